The van der Waals surface area contributed by atoms with Gasteiger partial charge in [-0.2, -0.15) is 0 Å². The number of nitrogens with zero attached hydrogens (tertiary/aromatic N) is 4. The second-order valence-corrected chi connectivity index (χ2v) is 6.08. The van der Waals surface area contributed by atoms with E-state index in [-0.39, 0.29) is 11.7 Å². The molecule has 0 saturated heterocycles. The molecule has 0 fully saturated rings. The van der Waals surface area contributed by atoms with E-state index in [2.05, 4.69) is 10.1 Å². The van der Waals surface area contributed by atoms with Crippen molar-refractivity contribution < 1.29 is 9.53 Å². The molecule has 0 atom stereocenters. The molecule has 0 aliphatic carbocycles. The van der Waals surface area contributed by atoms with Gasteiger partial charge in [0.25, 0.3) is 5.91 Å². The Hall–Kier alpha value is -2.86. The zero-order valence-electron chi connectivity index (χ0n) is 13.5. The fourth-order valence-electron chi connectivity index (χ4n) is 2.81. The van der Waals surface area contributed by atoms with Crippen LogP contribution in [-0.4, -0.2) is 33.8 Å². The molecule has 7 heteroatoms. The van der Waals surface area contributed by atoms with Crippen LogP contribution in [0.25, 0.3) is 5.69 Å². The molecule has 0 spiro atoms. The van der Waals surface area contributed by atoms with Crippen LogP contribution < -0.4 is 9.64 Å². The molecule has 2 heterocycles. The maximum Gasteiger partial charge on any atom is 0.298 e. The third-order valence-corrected chi connectivity index (χ3v) is 4.26. The molecule has 6 nitrogen and oxygen atoms in total. The third kappa shape index (κ3) is 2.85. The molecule has 0 bridgehead atoms. The van der Waals surface area contributed by atoms with Gasteiger partial charge in [0, 0.05) is 5.02 Å². The van der Waals surface area contributed by atoms with Crippen LogP contribution in [0, 0.1) is 6.92 Å². The first-order valence-electron chi connectivity index (χ1n) is 7.87. The standard InChI is InChI=1S/C18H15ClN4O2/c1-12-20-17(21-23(12)14-8-6-13(19)7-9-14)18(24)22-10-11-25-16-5-3-2-4-15(16)22/h2-9H,10-11H2,1H3. The van der Waals surface area contributed by atoms with Crippen LogP contribution in [0.1, 0.15) is 16.4 Å². The Morgan fingerprint density at radius 2 is 1.92 bits per heavy atom. The van der Waals surface area contributed by atoms with E-state index in [0.717, 1.165) is 11.4 Å². The first kappa shape index (κ1) is 15.7. The summed E-state index contributed by atoms with van der Waals surface area (Å²) >= 11 is 5.93. The maximum absolute atomic E-state index is 12.9. The molecule has 1 amide bonds. The number of anilines is 1. The minimum Gasteiger partial charge on any atom is -0.490 e. The largest absolute Gasteiger partial charge is 0.490 e. The number of hydrogen-bond donors (Lipinski definition) is 0. The van der Waals surface area contributed by atoms with Gasteiger partial charge in [0.15, 0.2) is 0 Å². The molecular formula is C18H15ClN4O2. The van der Waals surface area contributed by atoms with E-state index < -0.39 is 0 Å². The number of aryl methyl sites for hydroxylation is 1. The first-order valence-corrected chi connectivity index (χ1v) is 8.24. The van der Waals surface area contributed by atoms with Crippen molar-refractivity contribution in [1.82, 2.24) is 14.8 Å². The summed E-state index contributed by atoms with van der Waals surface area (Å²) in [6.45, 7) is 2.72. The van der Waals surface area contributed by atoms with Gasteiger partial charge in [0.2, 0.25) is 5.82 Å². The fourth-order valence-corrected chi connectivity index (χ4v) is 2.93. The lowest BCUT2D eigenvalue weighted by Crippen LogP contribution is -2.38. The van der Waals surface area contributed by atoms with E-state index in [1.165, 1.54) is 0 Å². The second kappa shape index (κ2) is 6.22. The number of carbonyl (C=O) groups excluding carboxylic acids is 1. The summed E-state index contributed by atoms with van der Waals surface area (Å²) < 4.78 is 7.23. The highest BCUT2D eigenvalue weighted by Gasteiger charge is 2.27. The maximum atomic E-state index is 12.9. The van der Waals surface area contributed by atoms with Gasteiger partial charge in [-0.3, -0.25) is 9.69 Å². The van der Waals surface area contributed by atoms with Crippen LogP contribution in [0.2, 0.25) is 5.02 Å². The number of amides is 1. The van der Waals surface area contributed by atoms with E-state index in [1.807, 2.05) is 43.3 Å². The molecule has 1 aromatic heterocycles. The highest BCUT2D eigenvalue weighted by molar-refractivity contribution is 6.30. The van der Waals surface area contributed by atoms with Gasteiger partial charge in [-0.1, -0.05) is 23.7 Å². The Morgan fingerprint density at radius 1 is 1.16 bits per heavy atom. The molecule has 4 rings (SSSR count). The first-order chi connectivity index (χ1) is 12.1. The van der Waals surface area contributed by atoms with Gasteiger partial charge in [-0.05, 0) is 43.3 Å². The number of halogens is 1. The van der Waals surface area contributed by atoms with Crippen LogP contribution in [0.15, 0.2) is 48.5 Å². The van der Waals surface area contributed by atoms with Crippen molar-refractivity contribution >= 4 is 23.2 Å². The molecule has 0 unspecified atom stereocenters. The van der Waals surface area contributed by atoms with Crippen LogP contribution in [0.5, 0.6) is 5.75 Å². The van der Waals surface area contributed by atoms with Gasteiger partial charge in [0.05, 0.1) is 17.9 Å². The molecule has 1 aliphatic heterocycles. The van der Waals surface area contributed by atoms with Crippen LogP contribution >= 0.6 is 11.6 Å². The van der Waals surface area contributed by atoms with Crippen molar-refractivity contribution in [3.05, 3.63) is 65.2 Å². The number of aromatic nitrogens is 3. The van der Waals surface area contributed by atoms with Crippen LogP contribution in [0.3, 0.4) is 0 Å². The van der Waals surface area contributed by atoms with Crippen molar-refractivity contribution in [3.8, 4) is 11.4 Å². The van der Waals surface area contributed by atoms with Gasteiger partial charge in [0.1, 0.15) is 18.2 Å². The SMILES string of the molecule is Cc1nc(C(=O)N2CCOc3ccccc32)nn1-c1ccc(Cl)cc1. The lowest BCUT2D eigenvalue weighted by molar-refractivity contribution is 0.0966. The molecule has 0 saturated carbocycles. The number of hydrogen-bond acceptors (Lipinski definition) is 4. The number of benzene rings is 2. The molecular weight excluding hydrogens is 340 g/mol. The Balaban J connectivity index is 1.68. The summed E-state index contributed by atoms with van der Waals surface area (Å²) in [5.41, 5.74) is 1.54. The number of ether oxygens (including phenoxy) is 1. The Labute approximate surface area is 149 Å². The van der Waals surface area contributed by atoms with Crippen molar-refractivity contribution in [1.29, 1.82) is 0 Å². The normalized spacial score (nSPS) is 13.3. The molecule has 3 aromatic rings. The summed E-state index contributed by atoms with van der Waals surface area (Å²) in [6.07, 6.45) is 0. The summed E-state index contributed by atoms with van der Waals surface area (Å²) in [5.74, 6) is 1.24. The summed E-state index contributed by atoms with van der Waals surface area (Å²) in [7, 11) is 0. The lowest BCUT2D eigenvalue weighted by Gasteiger charge is -2.28. The van der Waals surface area contributed by atoms with Crippen molar-refractivity contribution in [2.45, 2.75) is 6.92 Å². The van der Waals surface area contributed by atoms with E-state index in [4.69, 9.17) is 16.3 Å². The Bertz CT molecular complexity index is 937. The second-order valence-electron chi connectivity index (χ2n) is 5.64. The lowest BCUT2D eigenvalue weighted by atomic mass is 10.2. The Morgan fingerprint density at radius 3 is 2.72 bits per heavy atom. The van der Waals surface area contributed by atoms with Crippen molar-refractivity contribution in [3.63, 3.8) is 0 Å². The van der Waals surface area contributed by atoms with E-state index >= 15 is 0 Å². The topological polar surface area (TPSA) is 60.3 Å². The summed E-state index contributed by atoms with van der Waals surface area (Å²) in [4.78, 5) is 18.9. The quantitative estimate of drug-likeness (QED) is 0.708. The van der Waals surface area contributed by atoms with Crippen LogP contribution in [-0.2, 0) is 0 Å². The predicted molar refractivity (Wildman–Crippen MR) is 94.7 cm³/mol. The minimum absolute atomic E-state index is 0.157. The number of fused-ring (bicyclic) bond motifs is 1. The number of carbonyl (C=O) groups is 1. The van der Waals surface area contributed by atoms with E-state index in [1.54, 1.807) is 21.7 Å². The smallest absolute Gasteiger partial charge is 0.298 e. The van der Waals surface area contributed by atoms with Gasteiger partial charge in [-0.25, -0.2) is 9.67 Å². The fraction of sp³-hybridized carbons (Fsp3) is 0.167. The average molecular weight is 355 g/mol. The van der Waals surface area contributed by atoms with Crippen LogP contribution in [0.4, 0.5) is 5.69 Å². The molecule has 25 heavy (non-hydrogen) atoms. The molecule has 126 valence electrons. The highest BCUT2D eigenvalue weighted by Crippen LogP contribution is 2.31. The van der Waals surface area contributed by atoms with Crippen molar-refractivity contribution in [2.75, 3.05) is 18.1 Å². The zero-order valence-corrected chi connectivity index (χ0v) is 14.3. The van der Waals surface area contributed by atoms with Gasteiger partial charge >= 0.3 is 0 Å². The summed E-state index contributed by atoms with van der Waals surface area (Å²) in [5, 5.41) is 5.03. The average Bonchev–Trinajstić information content (AvgIpc) is 3.03. The van der Waals surface area contributed by atoms with Gasteiger partial charge in [-0.15, -0.1) is 5.10 Å². The number of rotatable bonds is 2. The number of para-hydroxylation sites is 2. The predicted octanol–water partition coefficient (Wildman–Crippen LogP) is 3.27. The van der Waals surface area contributed by atoms with E-state index in [9.17, 15) is 4.79 Å². The summed E-state index contributed by atoms with van der Waals surface area (Å²) in [6, 6.07) is 14.7. The van der Waals surface area contributed by atoms with E-state index in [0.29, 0.717) is 29.7 Å². The molecule has 2 aromatic carbocycles. The monoisotopic (exact) mass is 354 g/mol. The minimum atomic E-state index is -0.244. The molecule has 0 N–H and O–H groups in total. The van der Waals surface area contributed by atoms with Gasteiger partial charge < -0.3 is 4.74 Å². The zero-order chi connectivity index (χ0) is 17.4. The highest BCUT2D eigenvalue weighted by atomic mass is 35.5. The van der Waals surface area contributed by atoms with Crippen molar-refractivity contribution in [2.24, 2.45) is 0 Å². The third-order valence-electron chi connectivity index (χ3n) is 4.01. The Kier molecular flexibility index (Phi) is 3.89. The molecule has 0 radical (unpaired) electrons. The molecule has 1 aliphatic rings.